The van der Waals surface area contributed by atoms with E-state index in [4.69, 9.17) is 0 Å². The van der Waals surface area contributed by atoms with Gasteiger partial charge in [-0.05, 0) is 29.3 Å². The lowest BCUT2D eigenvalue weighted by Gasteiger charge is -2.26. The zero-order valence-electron chi connectivity index (χ0n) is 16.3. The number of anilines is 1. The fourth-order valence-corrected chi connectivity index (χ4v) is 3.77. The van der Waals surface area contributed by atoms with Crippen molar-refractivity contribution in [1.29, 1.82) is 0 Å². The lowest BCUT2D eigenvalue weighted by molar-refractivity contribution is -0.672. The van der Waals surface area contributed by atoms with Gasteiger partial charge < -0.3 is 15.1 Å². The summed E-state index contributed by atoms with van der Waals surface area (Å²) in [5.74, 6) is 0. The minimum absolute atomic E-state index is 0.120. The van der Waals surface area contributed by atoms with Crippen LogP contribution in [0, 0.1) is 0 Å². The second kappa shape index (κ2) is 8.86. The largest absolute Gasteiger partial charge is 0.395 e. The Balaban J connectivity index is 1.66. The van der Waals surface area contributed by atoms with Gasteiger partial charge in [-0.2, -0.15) is 4.57 Å². The Hall–Kier alpha value is -3.21. The van der Waals surface area contributed by atoms with E-state index in [9.17, 15) is 10.2 Å². The highest BCUT2D eigenvalue weighted by Gasteiger charge is 2.14. The number of allylic oxidation sites excluding steroid dienone is 4. The van der Waals surface area contributed by atoms with Gasteiger partial charge in [-0.1, -0.05) is 48.6 Å². The second-order valence-electron chi connectivity index (χ2n) is 6.94. The number of hydrogen-bond acceptors (Lipinski definition) is 3. The van der Waals surface area contributed by atoms with Crippen LogP contribution in [0.5, 0.6) is 0 Å². The number of aromatic nitrogens is 1. The summed E-state index contributed by atoms with van der Waals surface area (Å²) in [6.07, 6.45) is 12.4. The summed E-state index contributed by atoms with van der Waals surface area (Å²) >= 11 is 0. The molecule has 0 atom stereocenters. The number of pyridine rings is 1. The van der Waals surface area contributed by atoms with E-state index in [1.54, 1.807) is 0 Å². The van der Waals surface area contributed by atoms with Gasteiger partial charge in [-0.25, -0.2) is 0 Å². The molecule has 3 aromatic rings. The van der Waals surface area contributed by atoms with Crippen LogP contribution in [0.25, 0.3) is 22.6 Å². The summed E-state index contributed by atoms with van der Waals surface area (Å²) in [4.78, 5) is 2.07. The van der Waals surface area contributed by atoms with Crippen molar-refractivity contribution < 1.29 is 14.8 Å². The summed E-state index contributed by atoms with van der Waals surface area (Å²) in [6, 6.07) is 18.6. The monoisotopic (exact) mass is 385 g/mol. The first-order chi connectivity index (χ1) is 14.3. The van der Waals surface area contributed by atoms with Crippen molar-refractivity contribution in [3.8, 4) is 0 Å². The number of aliphatic hydroxyl groups is 2. The molecule has 4 nitrogen and oxygen atoms in total. The number of rotatable bonds is 6. The highest BCUT2D eigenvalue weighted by Crippen LogP contribution is 2.32. The molecule has 4 heteroatoms. The molecule has 0 saturated carbocycles. The molecule has 146 valence electrons. The molecule has 0 unspecified atom stereocenters. The Morgan fingerprint density at radius 2 is 1.76 bits per heavy atom. The minimum Gasteiger partial charge on any atom is -0.395 e. The lowest BCUT2D eigenvalue weighted by atomic mass is 9.99. The summed E-state index contributed by atoms with van der Waals surface area (Å²) in [5, 5.41) is 19.8. The van der Waals surface area contributed by atoms with Crippen LogP contribution in [0.3, 0.4) is 0 Å². The second-order valence-corrected chi connectivity index (χ2v) is 6.94. The molecule has 1 aromatic heterocycles. The molecule has 1 aliphatic heterocycles. The SMILES string of the molecule is OCCN1C=CC(=CC=Cc2cc[n+](CCO)c3ccccc23)c2ccccc21. The van der Waals surface area contributed by atoms with Gasteiger partial charge in [0.2, 0.25) is 5.52 Å². The number of aliphatic hydroxyl groups excluding tert-OH is 2. The van der Waals surface area contributed by atoms with E-state index < -0.39 is 0 Å². The van der Waals surface area contributed by atoms with Crippen molar-refractivity contribution in [2.24, 2.45) is 0 Å². The third kappa shape index (κ3) is 3.99. The fourth-order valence-electron chi connectivity index (χ4n) is 3.77. The maximum absolute atomic E-state index is 9.30. The molecule has 29 heavy (non-hydrogen) atoms. The molecule has 4 rings (SSSR count). The van der Waals surface area contributed by atoms with Crippen molar-refractivity contribution in [3.63, 3.8) is 0 Å². The van der Waals surface area contributed by atoms with E-state index in [1.807, 2.05) is 36.7 Å². The van der Waals surface area contributed by atoms with E-state index in [-0.39, 0.29) is 13.2 Å². The van der Waals surface area contributed by atoms with Gasteiger partial charge in [-0.15, -0.1) is 0 Å². The third-order valence-corrected chi connectivity index (χ3v) is 5.15. The predicted octanol–water partition coefficient (Wildman–Crippen LogP) is 3.54. The Morgan fingerprint density at radius 1 is 0.931 bits per heavy atom. The molecule has 1 aliphatic rings. The van der Waals surface area contributed by atoms with Gasteiger partial charge >= 0.3 is 0 Å². The van der Waals surface area contributed by atoms with Crippen molar-refractivity contribution in [2.45, 2.75) is 6.54 Å². The van der Waals surface area contributed by atoms with Crippen molar-refractivity contribution >= 4 is 28.2 Å². The summed E-state index contributed by atoms with van der Waals surface area (Å²) in [6.45, 7) is 1.41. The minimum atomic E-state index is 0.120. The Morgan fingerprint density at radius 3 is 2.62 bits per heavy atom. The summed E-state index contributed by atoms with van der Waals surface area (Å²) in [5.41, 5.74) is 5.66. The van der Waals surface area contributed by atoms with Crippen LogP contribution in [-0.4, -0.2) is 30.0 Å². The molecule has 0 saturated heterocycles. The van der Waals surface area contributed by atoms with E-state index in [0.29, 0.717) is 13.1 Å². The quantitative estimate of drug-likeness (QED) is 0.638. The molecule has 0 spiro atoms. The zero-order chi connectivity index (χ0) is 20.1. The maximum Gasteiger partial charge on any atom is 0.213 e. The van der Waals surface area contributed by atoms with Gasteiger partial charge in [0, 0.05) is 36.1 Å². The number of para-hydroxylation sites is 2. The molecule has 2 heterocycles. The molecule has 0 aliphatic carbocycles. The number of β-amino-alcohol motifs (C(OH)–C–C–N with tert-alkyl or cyclic N) is 1. The van der Waals surface area contributed by atoms with Gasteiger partial charge in [-0.3, -0.25) is 0 Å². The van der Waals surface area contributed by atoms with Crippen LogP contribution in [0.15, 0.2) is 85.2 Å². The smallest absolute Gasteiger partial charge is 0.213 e. The van der Waals surface area contributed by atoms with Gasteiger partial charge in [0.15, 0.2) is 12.7 Å². The third-order valence-electron chi connectivity index (χ3n) is 5.15. The Labute approximate surface area is 171 Å². The van der Waals surface area contributed by atoms with Crippen LogP contribution in [-0.2, 0) is 6.54 Å². The molecule has 2 aromatic carbocycles. The highest BCUT2D eigenvalue weighted by molar-refractivity contribution is 5.89. The standard InChI is InChI=1S/C25H25N2O2/c28-18-16-26-14-12-20(22-8-1-3-10-24(22)26)6-5-7-21-13-15-27(17-19-29)25-11-4-2-9-23(21)25/h1-15,28-29H,16-19H2/q+1. The average molecular weight is 385 g/mol. The van der Waals surface area contributed by atoms with Crippen LogP contribution in [0.1, 0.15) is 11.1 Å². The molecule has 2 N–H and O–H groups in total. The van der Waals surface area contributed by atoms with E-state index in [1.165, 1.54) is 0 Å². The molecule has 0 radical (unpaired) electrons. The first-order valence-electron chi connectivity index (χ1n) is 9.87. The van der Waals surface area contributed by atoms with Gasteiger partial charge in [0.1, 0.15) is 6.61 Å². The first kappa shape index (κ1) is 19.1. The van der Waals surface area contributed by atoms with Crippen LogP contribution in [0.4, 0.5) is 5.69 Å². The predicted molar refractivity (Wildman–Crippen MR) is 118 cm³/mol. The number of hydrogen-bond donors (Lipinski definition) is 2. The molecule has 0 amide bonds. The Bertz CT molecular complexity index is 1100. The van der Waals surface area contributed by atoms with Crippen molar-refractivity contribution in [1.82, 2.24) is 0 Å². The fraction of sp³-hybridized carbons (Fsp3) is 0.160. The molecular weight excluding hydrogens is 360 g/mol. The van der Waals surface area contributed by atoms with E-state index in [2.05, 4.69) is 64.1 Å². The number of fused-ring (bicyclic) bond motifs is 2. The van der Waals surface area contributed by atoms with E-state index in [0.717, 1.165) is 33.3 Å². The first-order valence-corrected chi connectivity index (χ1v) is 9.87. The van der Waals surface area contributed by atoms with E-state index >= 15 is 0 Å². The topological polar surface area (TPSA) is 47.6 Å². The normalized spacial score (nSPS) is 14.8. The number of nitrogens with zero attached hydrogens (tertiary/aromatic N) is 2. The van der Waals surface area contributed by atoms with Crippen molar-refractivity contribution in [2.75, 3.05) is 24.7 Å². The zero-order valence-corrected chi connectivity index (χ0v) is 16.3. The average Bonchev–Trinajstić information content (AvgIpc) is 2.77. The molecular formula is C25H25N2O2+. The lowest BCUT2D eigenvalue weighted by Crippen LogP contribution is -2.36. The highest BCUT2D eigenvalue weighted by atomic mass is 16.3. The van der Waals surface area contributed by atoms with Gasteiger partial charge in [0.05, 0.1) is 12.0 Å². The maximum atomic E-state index is 9.30. The Kier molecular flexibility index (Phi) is 5.84. The summed E-state index contributed by atoms with van der Waals surface area (Å²) < 4.78 is 2.07. The van der Waals surface area contributed by atoms with Crippen LogP contribution in [0.2, 0.25) is 0 Å². The molecule has 0 bridgehead atoms. The number of benzene rings is 2. The molecule has 0 fully saturated rings. The van der Waals surface area contributed by atoms with Crippen LogP contribution < -0.4 is 9.47 Å². The van der Waals surface area contributed by atoms with Crippen molar-refractivity contribution in [3.05, 3.63) is 96.3 Å². The summed E-state index contributed by atoms with van der Waals surface area (Å²) in [7, 11) is 0. The van der Waals surface area contributed by atoms with Gasteiger partial charge in [0.25, 0.3) is 0 Å². The van der Waals surface area contributed by atoms with Crippen LogP contribution >= 0.6 is 0 Å².